The molecule has 19 heavy (non-hydrogen) atoms. The predicted octanol–water partition coefficient (Wildman–Crippen LogP) is 5.22. The minimum Gasteiger partial charge on any atom is -0.508 e. The molecule has 0 saturated carbocycles. The number of rotatable bonds is 10. The van der Waals surface area contributed by atoms with Gasteiger partial charge in [-0.3, -0.25) is 0 Å². The van der Waals surface area contributed by atoms with Crippen LogP contribution >= 0.6 is 0 Å². The average Bonchev–Trinajstić information content (AvgIpc) is 2.41. The molecule has 0 radical (unpaired) electrons. The number of unbranched alkanes of at least 4 members (excludes halogenated alkanes) is 7. The fourth-order valence-electron chi connectivity index (χ4n) is 2.14. The molecule has 108 valence electrons. The summed E-state index contributed by atoms with van der Waals surface area (Å²) in [5.41, 5.74) is 0.869. The minimum absolute atomic E-state index is 0.333. The maximum Gasteiger partial charge on any atom is 0.119 e. The molecule has 0 heterocycles. The van der Waals surface area contributed by atoms with Gasteiger partial charge in [0.05, 0.1) is 6.61 Å². The van der Waals surface area contributed by atoms with Gasteiger partial charge in [0.15, 0.2) is 0 Å². The first-order valence-electron chi connectivity index (χ1n) is 7.66. The molecule has 0 atom stereocenters. The summed E-state index contributed by atoms with van der Waals surface area (Å²) in [4.78, 5) is 0. The average molecular weight is 264 g/mol. The number of hydrogen-bond donors (Lipinski definition) is 1. The Labute approximate surface area is 117 Å². The monoisotopic (exact) mass is 264 g/mol. The van der Waals surface area contributed by atoms with Crippen LogP contribution in [0.25, 0.3) is 0 Å². The van der Waals surface area contributed by atoms with Crippen molar-refractivity contribution in [1.29, 1.82) is 0 Å². The molecular weight excluding hydrogens is 236 g/mol. The van der Waals surface area contributed by atoms with Crippen molar-refractivity contribution >= 4 is 0 Å². The number of benzene rings is 1. The second-order valence-corrected chi connectivity index (χ2v) is 5.27. The summed E-state index contributed by atoms with van der Waals surface area (Å²) in [5, 5.41) is 9.42. The van der Waals surface area contributed by atoms with Gasteiger partial charge in [0.25, 0.3) is 0 Å². The molecule has 2 nitrogen and oxygen atoms in total. The highest BCUT2D eigenvalue weighted by Crippen LogP contribution is 2.22. The van der Waals surface area contributed by atoms with Crippen molar-refractivity contribution in [1.82, 2.24) is 0 Å². The van der Waals surface area contributed by atoms with Gasteiger partial charge in [-0.1, -0.05) is 51.9 Å². The fourth-order valence-corrected chi connectivity index (χ4v) is 2.14. The Hall–Kier alpha value is -1.18. The Balaban J connectivity index is 2.00. The van der Waals surface area contributed by atoms with Crippen molar-refractivity contribution in [3.8, 4) is 11.5 Å². The molecule has 0 saturated heterocycles. The van der Waals surface area contributed by atoms with Crippen LogP contribution in [-0.4, -0.2) is 11.7 Å². The summed E-state index contributed by atoms with van der Waals surface area (Å²) in [6, 6.07) is 5.41. The number of aromatic hydroxyl groups is 1. The third kappa shape index (κ3) is 7.09. The lowest BCUT2D eigenvalue weighted by Gasteiger charge is -2.07. The Kier molecular flexibility index (Phi) is 8.11. The SMILES string of the molecule is CCCCCCCCCCOc1ccc(O)c(C)c1. The van der Waals surface area contributed by atoms with E-state index < -0.39 is 0 Å². The van der Waals surface area contributed by atoms with Gasteiger partial charge in [0, 0.05) is 0 Å². The van der Waals surface area contributed by atoms with Gasteiger partial charge in [-0.15, -0.1) is 0 Å². The quantitative estimate of drug-likeness (QED) is 0.587. The first kappa shape index (κ1) is 15.9. The van der Waals surface area contributed by atoms with Crippen LogP contribution in [0, 0.1) is 6.92 Å². The van der Waals surface area contributed by atoms with Crippen LogP contribution in [0.4, 0.5) is 0 Å². The van der Waals surface area contributed by atoms with E-state index in [1.54, 1.807) is 6.07 Å². The number of phenols is 1. The molecule has 0 aliphatic carbocycles. The molecule has 0 bridgehead atoms. The number of hydrogen-bond acceptors (Lipinski definition) is 2. The van der Waals surface area contributed by atoms with E-state index in [4.69, 9.17) is 4.74 Å². The molecule has 0 fully saturated rings. The van der Waals surface area contributed by atoms with Crippen molar-refractivity contribution in [2.45, 2.75) is 65.2 Å². The van der Waals surface area contributed by atoms with Crippen LogP contribution in [0.1, 0.15) is 63.9 Å². The van der Waals surface area contributed by atoms with Crippen LogP contribution in [-0.2, 0) is 0 Å². The maximum atomic E-state index is 9.42. The van der Waals surface area contributed by atoms with Gasteiger partial charge in [-0.05, 0) is 37.1 Å². The van der Waals surface area contributed by atoms with E-state index in [0.717, 1.165) is 24.3 Å². The summed E-state index contributed by atoms with van der Waals surface area (Å²) < 4.78 is 5.68. The molecule has 2 heteroatoms. The predicted molar refractivity (Wildman–Crippen MR) is 80.9 cm³/mol. The number of ether oxygens (including phenoxy) is 1. The van der Waals surface area contributed by atoms with Crippen LogP contribution in [0.2, 0.25) is 0 Å². The number of phenolic OH excluding ortho intramolecular Hbond substituents is 1. The summed E-state index contributed by atoms with van der Waals surface area (Å²) in [7, 11) is 0. The van der Waals surface area contributed by atoms with Crippen LogP contribution in [0.15, 0.2) is 18.2 Å². The van der Waals surface area contributed by atoms with Crippen LogP contribution < -0.4 is 4.74 Å². The highest BCUT2D eigenvalue weighted by Gasteiger charge is 1.99. The Morgan fingerprint density at radius 1 is 0.947 bits per heavy atom. The van der Waals surface area contributed by atoms with Crippen molar-refractivity contribution in [3.63, 3.8) is 0 Å². The van der Waals surface area contributed by atoms with Crippen molar-refractivity contribution < 1.29 is 9.84 Å². The summed E-state index contributed by atoms with van der Waals surface area (Å²) in [5.74, 6) is 1.19. The van der Waals surface area contributed by atoms with E-state index in [9.17, 15) is 5.11 Å². The van der Waals surface area contributed by atoms with E-state index >= 15 is 0 Å². The zero-order chi connectivity index (χ0) is 13.9. The van der Waals surface area contributed by atoms with Crippen molar-refractivity contribution in [2.24, 2.45) is 0 Å². The minimum atomic E-state index is 0.333. The molecule has 0 aromatic heterocycles. The zero-order valence-electron chi connectivity index (χ0n) is 12.5. The molecule has 1 N–H and O–H groups in total. The molecule has 0 unspecified atom stereocenters. The standard InChI is InChI=1S/C17H28O2/c1-3-4-5-6-7-8-9-10-13-19-16-11-12-17(18)15(2)14-16/h11-12,14,18H,3-10,13H2,1-2H3. The smallest absolute Gasteiger partial charge is 0.119 e. The van der Waals surface area contributed by atoms with Crippen molar-refractivity contribution in [2.75, 3.05) is 6.61 Å². The molecule has 1 aromatic rings. The molecule has 0 aliphatic heterocycles. The van der Waals surface area contributed by atoms with Crippen molar-refractivity contribution in [3.05, 3.63) is 23.8 Å². The van der Waals surface area contributed by atoms with Gasteiger partial charge in [-0.2, -0.15) is 0 Å². The second kappa shape index (κ2) is 9.71. The highest BCUT2D eigenvalue weighted by molar-refractivity contribution is 5.38. The summed E-state index contributed by atoms with van der Waals surface area (Å²) in [6.07, 6.45) is 10.5. The highest BCUT2D eigenvalue weighted by atomic mass is 16.5. The van der Waals surface area contributed by atoms with E-state index in [-0.39, 0.29) is 0 Å². The summed E-state index contributed by atoms with van der Waals surface area (Å²) in [6.45, 7) is 4.92. The molecule has 0 amide bonds. The maximum absolute atomic E-state index is 9.42. The second-order valence-electron chi connectivity index (χ2n) is 5.27. The van der Waals surface area contributed by atoms with Gasteiger partial charge < -0.3 is 9.84 Å². The van der Waals surface area contributed by atoms with E-state index in [2.05, 4.69) is 6.92 Å². The fraction of sp³-hybridized carbons (Fsp3) is 0.647. The van der Waals surface area contributed by atoms with Gasteiger partial charge in [0.1, 0.15) is 11.5 Å². The normalized spacial score (nSPS) is 10.6. The lowest BCUT2D eigenvalue weighted by Crippen LogP contribution is -1.97. The van der Waals surface area contributed by atoms with E-state index in [1.807, 2.05) is 19.1 Å². The number of aryl methyl sites for hydroxylation is 1. The Morgan fingerprint density at radius 2 is 1.58 bits per heavy atom. The molecule has 0 spiro atoms. The topological polar surface area (TPSA) is 29.5 Å². The Bertz CT molecular complexity index is 347. The summed E-state index contributed by atoms with van der Waals surface area (Å²) >= 11 is 0. The Morgan fingerprint density at radius 3 is 2.21 bits per heavy atom. The molecule has 1 rings (SSSR count). The third-order valence-corrected chi connectivity index (χ3v) is 3.43. The third-order valence-electron chi connectivity index (χ3n) is 3.43. The first-order chi connectivity index (χ1) is 9.24. The molecular formula is C17H28O2. The van der Waals surface area contributed by atoms with E-state index in [0.29, 0.717) is 5.75 Å². The lowest BCUT2D eigenvalue weighted by molar-refractivity contribution is 0.303. The van der Waals surface area contributed by atoms with Crippen LogP contribution in [0.5, 0.6) is 11.5 Å². The lowest BCUT2D eigenvalue weighted by atomic mass is 10.1. The van der Waals surface area contributed by atoms with Gasteiger partial charge >= 0.3 is 0 Å². The van der Waals surface area contributed by atoms with Crippen LogP contribution in [0.3, 0.4) is 0 Å². The molecule has 0 aliphatic rings. The van der Waals surface area contributed by atoms with Gasteiger partial charge in [-0.25, -0.2) is 0 Å². The first-order valence-corrected chi connectivity index (χ1v) is 7.66. The van der Waals surface area contributed by atoms with E-state index in [1.165, 1.54) is 44.9 Å². The largest absolute Gasteiger partial charge is 0.508 e. The molecule has 1 aromatic carbocycles. The zero-order valence-corrected chi connectivity index (χ0v) is 12.5. The van der Waals surface area contributed by atoms with Gasteiger partial charge in [0.2, 0.25) is 0 Å².